The van der Waals surface area contributed by atoms with Crippen LogP contribution >= 0.6 is 39.9 Å². The Kier molecular flexibility index (Phi) is 8.15. The van der Waals surface area contributed by atoms with Crippen LogP contribution in [0.5, 0.6) is 0 Å². The largest absolute Gasteiger partial charge is 0.467 e. The van der Waals surface area contributed by atoms with Crippen LogP contribution < -0.4 is 16.0 Å². The van der Waals surface area contributed by atoms with Crippen LogP contribution in [-0.4, -0.2) is 32.0 Å². The van der Waals surface area contributed by atoms with Crippen molar-refractivity contribution in [1.82, 2.24) is 16.0 Å². The quantitative estimate of drug-likeness (QED) is 0.283. The monoisotopic (exact) mass is 546 g/mol. The van der Waals surface area contributed by atoms with Gasteiger partial charge in [0.05, 0.1) is 19.4 Å². The number of aliphatic imine (C=N–C) groups is 1. The Balaban J connectivity index is 0.00000261. The first-order chi connectivity index (χ1) is 12.6. The third-order valence-corrected chi connectivity index (χ3v) is 5.06. The average Bonchev–Trinajstić information content (AvgIpc) is 3.26. The number of carbonyl (C=O) groups excluding carboxylic acids is 1. The molecule has 0 saturated heterocycles. The van der Waals surface area contributed by atoms with E-state index < -0.39 is 0 Å². The number of carbonyl (C=O) groups is 1. The van der Waals surface area contributed by atoms with Crippen LogP contribution in [0.2, 0.25) is 0 Å². The molecule has 1 saturated carbocycles. The second kappa shape index (κ2) is 10.1. The predicted molar refractivity (Wildman–Crippen MR) is 120 cm³/mol. The Hall–Kier alpha value is -1.55. The minimum absolute atomic E-state index is 0. The van der Waals surface area contributed by atoms with Crippen molar-refractivity contribution in [2.75, 3.05) is 20.1 Å². The minimum Gasteiger partial charge on any atom is -0.467 e. The first-order valence-electron chi connectivity index (χ1n) is 8.61. The highest BCUT2D eigenvalue weighted by molar-refractivity contribution is 14.0. The van der Waals surface area contributed by atoms with E-state index in [1.807, 2.05) is 12.1 Å². The van der Waals surface area contributed by atoms with Gasteiger partial charge in [-0.15, -0.1) is 24.0 Å². The molecular weight excluding hydrogens is 523 g/mol. The molecule has 1 aromatic carbocycles. The third-order valence-electron chi connectivity index (χ3n) is 4.56. The summed E-state index contributed by atoms with van der Waals surface area (Å²) in [4.78, 5) is 16.1. The molecule has 0 spiro atoms. The first-order valence-corrected chi connectivity index (χ1v) is 9.40. The molecule has 3 N–H and O–H groups in total. The van der Waals surface area contributed by atoms with Gasteiger partial charge in [0.1, 0.15) is 5.76 Å². The van der Waals surface area contributed by atoms with Crippen molar-refractivity contribution in [3.05, 3.63) is 58.5 Å². The average molecular weight is 547 g/mol. The summed E-state index contributed by atoms with van der Waals surface area (Å²) in [6.45, 7) is 1.33. The molecule has 3 rings (SSSR count). The number of hydrogen-bond acceptors (Lipinski definition) is 3. The Morgan fingerprint density at radius 1 is 1.22 bits per heavy atom. The number of guanidine groups is 1. The normalized spacial score (nSPS) is 14.8. The van der Waals surface area contributed by atoms with Gasteiger partial charge in [-0.2, -0.15) is 0 Å². The molecule has 0 unspecified atom stereocenters. The van der Waals surface area contributed by atoms with Gasteiger partial charge in [0.2, 0.25) is 5.91 Å². The van der Waals surface area contributed by atoms with Gasteiger partial charge < -0.3 is 20.4 Å². The van der Waals surface area contributed by atoms with Gasteiger partial charge in [0.15, 0.2) is 5.96 Å². The first kappa shape index (κ1) is 21.7. The second-order valence-electron chi connectivity index (χ2n) is 6.43. The Bertz CT molecular complexity index is 776. The van der Waals surface area contributed by atoms with E-state index in [0.29, 0.717) is 12.5 Å². The Morgan fingerprint density at radius 2 is 2.04 bits per heavy atom. The van der Waals surface area contributed by atoms with Gasteiger partial charge in [0, 0.05) is 23.5 Å². The zero-order valence-electron chi connectivity index (χ0n) is 15.1. The summed E-state index contributed by atoms with van der Waals surface area (Å²) in [6, 6.07) is 12.1. The fourth-order valence-electron chi connectivity index (χ4n) is 2.84. The van der Waals surface area contributed by atoms with E-state index in [9.17, 15) is 4.79 Å². The molecule has 1 aliphatic rings. The number of amides is 1. The number of furan rings is 1. The Labute approximate surface area is 184 Å². The molecule has 1 aromatic heterocycles. The molecule has 0 atom stereocenters. The molecule has 0 aliphatic heterocycles. The van der Waals surface area contributed by atoms with Gasteiger partial charge in [0.25, 0.3) is 0 Å². The summed E-state index contributed by atoms with van der Waals surface area (Å²) in [6.07, 6.45) is 3.89. The highest BCUT2D eigenvalue weighted by Crippen LogP contribution is 2.48. The van der Waals surface area contributed by atoms with Gasteiger partial charge >= 0.3 is 0 Å². The summed E-state index contributed by atoms with van der Waals surface area (Å²) >= 11 is 3.54. The summed E-state index contributed by atoms with van der Waals surface area (Å²) in [5.74, 6) is 1.24. The molecule has 146 valence electrons. The van der Waals surface area contributed by atoms with Crippen LogP contribution in [0.4, 0.5) is 0 Å². The molecule has 8 heteroatoms. The second-order valence-corrected chi connectivity index (χ2v) is 7.34. The highest BCUT2D eigenvalue weighted by Gasteiger charge is 2.44. The van der Waals surface area contributed by atoms with Gasteiger partial charge in [-0.05, 0) is 42.7 Å². The molecular formula is C19H24BrIN4O2. The zero-order chi connectivity index (χ0) is 18.4. The zero-order valence-corrected chi connectivity index (χ0v) is 19.0. The highest BCUT2D eigenvalue weighted by atomic mass is 127. The van der Waals surface area contributed by atoms with Crippen molar-refractivity contribution in [2.45, 2.75) is 24.8 Å². The molecule has 1 fully saturated rings. The van der Waals surface area contributed by atoms with E-state index in [4.69, 9.17) is 4.42 Å². The van der Waals surface area contributed by atoms with Gasteiger partial charge in [-0.25, -0.2) is 0 Å². The van der Waals surface area contributed by atoms with Crippen molar-refractivity contribution in [2.24, 2.45) is 4.99 Å². The maximum atomic E-state index is 11.9. The van der Waals surface area contributed by atoms with E-state index >= 15 is 0 Å². The van der Waals surface area contributed by atoms with Crippen LogP contribution in [0.1, 0.15) is 24.2 Å². The van der Waals surface area contributed by atoms with Crippen LogP contribution in [0.15, 0.2) is 56.5 Å². The van der Waals surface area contributed by atoms with Crippen LogP contribution in [0, 0.1) is 0 Å². The van der Waals surface area contributed by atoms with Gasteiger partial charge in [-0.3, -0.25) is 9.79 Å². The van der Waals surface area contributed by atoms with Gasteiger partial charge in [-0.1, -0.05) is 28.1 Å². The summed E-state index contributed by atoms with van der Waals surface area (Å²) < 4.78 is 6.28. The van der Waals surface area contributed by atoms with Crippen molar-refractivity contribution in [3.63, 3.8) is 0 Å². The molecule has 2 aromatic rings. The molecule has 27 heavy (non-hydrogen) atoms. The number of halogens is 2. The van der Waals surface area contributed by atoms with Crippen LogP contribution in [0.3, 0.4) is 0 Å². The number of hydrogen-bond donors (Lipinski definition) is 3. The molecule has 0 bridgehead atoms. The standard InChI is InChI=1S/C19H23BrN4O2.HI/c1-21-18(23-12-17(25)22-11-16-6-3-9-26-16)24-13-19(7-8-19)14-4-2-5-15(20)10-14;/h2-6,9-10H,7-8,11-13H2,1H3,(H,22,25)(H2,21,23,24);1H. The van der Waals surface area contributed by atoms with Crippen LogP contribution in [0.25, 0.3) is 0 Å². The lowest BCUT2D eigenvalue weighted by Gasteiger charge is -2.19. The van der Waals surface area contributed by atoms with E-state index in [2.05, 4.69) is 55.1 Å². The summed E-state index contributed by atoms with van der Waals surface area (Å²) in [5, 5.41) is 9.19. The minimum atomic E-state index is -0.113. The fourth-order valence-corrected chi connectivity index (χ4v) is 3.23. The maximum absolute atomic E-state index is 11.9. The SMILES string of the molecule is CN=C(NCC(=O)NCc1ccco1)NCC1(c2cccc(Br)c2)CC1.I. The third kappa shape index (κ3) is 6.24. The van der Waals surface area contributed by atoms with E-state index in [1.54, 1.807) is 19.4 Å². The predicted octanol–water partition coefficient (Wildman–Crippen LogP) is 3.17. The molecule has 1 heterocycles. The smallest absolute Gasteiger partial charge is 0.239 e. The van der Waals surface area contributed by atoms with E-state index in [-0.39, 0.29) is 41.8 Å². The lowest BCUT2D eigenvalue weighted by molar-refractivity contribution is -0.120. The lowest BCUT2D eigenvalue weighted by Crippen LogP contribution is -2.45. The molecule has 1 aliphatic carbocycles. The number of rotatable bonds is 7. The maximum Gasteiger partial charge on any atom is 0.239 e. The van der Waals surface area contributed by atoms with Crippen molar-refractivity contribution >= 4 is 51.8 Å². The van der Waals surface area contributed by atoms with Crippen molar-refractivity contribution in [1.29, 1.82) is 0 Å². The molecule has 0 radical (unpaired) electrons. The fraction of sp³-hybridized carbons (Fsp3) is 0.368. The number of nitrogens with zero attached hydrogens (tertiary/aromatic N) is 1. The Morgan fingerprint density at radius 3 is 2.67 bits per heavy atom. The molecule has 6 nitrogen and oxygen atoms in total. The van der Waals surface area contributed by atoms with E-state index in [0.717, 1.165) is 29.6 Å². The summed E-state index contributed by atoms with van der Waals surface area (Å²) in [5.41, 5.74) is 1.48. The van der Waals surface area contributed by atoms with E-state index in [1.165, 1.54) is 5.56 Å². The number of benzene rings is 1. The summed E-state index contributed by atoms with van der Waals surface area (Å²) in [7, 11) is 1.70. The molecule has 1 amide bonds. The number of nitrogens with one attached hydrogen (secondary N) is 3. The lowest BCUT2D eigenvalue weighted by atomic mass is 9.96. The van der Waals surface area contributed by atoms with Crippen molar-refractivity contribution in [3.8, 4) is 0 Å². The van der Waals surface area contributed by atoms with Crippen molar-refractivity contribution < 1.29 is 9.21 Å². The topological polar surface area (TPSA) is 78.7 Å². The van der Waals surface area contributed by atoms with Crippen LogP contribution in [-0.2, 0) is 16.8 Å².